The van der Waals surface area contributed by atoms with Crippen LogP contribution < -0.4 is 9.64 Å². The maximum Gasteiger partial charge on any atom is 0.338 e. The van der Waals surface area contributed by atoms with Crippen LogP contribution in [-0.2, 0) is 9.53 Å². The predicted molar refractivity (Wildman–Crippen MR) is 98.5 cm³/mol. The highest BCUT2D eigenvalue weighted by Gasteiger charge is 2.22. The first kappa shape index (κ1) is 18.7. The lowest BCUT2D eigenvalue weighted by Gasteiger charge is -2.36. The third kappa shape index (κ3) is 4.75. The molecule has 0 radical (unpaired) electrons. The van der Waals surface area contributed by atoms with Crippen molar-refractivity contribution in [2.45, 2.75) is 0 Å². The summed E-state index contributed by atoms with van der Waals surface area (Å²) in [6, 6.07) is 12.8. The van der Waals surface area contributed by atoms with E-state index in [0.717, 1.165) is 5.69 Å². The van der Waals surface area contributed by atoms with Crippen LogP contribution >= 0.6 is 0 Å². The number of benzene rings is 2. The molecule has 3 rings (SSSR count). The molecule has 0 aliphatic carbocycles. The van der Waals surface area contributed by atoms with Crippen LogP contribution in [0, 0.1) is 5.82 Å². The maximum absolute atomic E-state index is 13.0. The van der Waals surface area contributed by atoms with Crippen LogP contribution in [0.4, 0.5) is 10.1 Å². The molecule has 0 N–H and O–H groups in total. The van der Waals surface area contributed by atoms with Gasteiger partial charge in [-0.15, -0.1) is 0 Å². The number of methoxy groups -OCH3 is 1. The van der Waals surface area contributed by atoms with Gasteiger partial charge in [0.1, 0.15) is 11.6 Å². The summed E-state index contributed by atoms with van der Waals surface area (Å²) in [6.07, 6.45) is 0. The highest BCUT2D eigenvalue weighted by atomic mass is 19.1. The first-order valence-electron chi connectivity index (χ1n) is 8.66. The lowest BCUT2D eigenvalue weighted by Crippen LogP contribution is -2.49. The summed E-state index contributed by atoms with van der Waals surface area (Å²) in [5.74, 6) is -0.403. The van der Waals surface area contributed by atoms with Crippen LogP contribution in [0.15, 0.2) is 48.5 Å². The van der Waals surface area contributed by atoms with Gasteiger partial charge in [0.2, 0.25) is 0 Å². The van der Waals surface area contributed by atoms with Crippen molar-refractivity contribution in [3.63, 3.8) is 0 Å². The van der Waals surface area contributed by atoms with E-state index in [1.807, 2.05) is 0 Å². The van der Waals surface area contributed by atoms with Gasteiger partial charge in [-0.05, 0) is 48.5 Å². The number of esters is 1. The number of halogens is 1. The van der Waals surface area contributed by atoms with Crippen molar-refractivity contribution in [3.05, 3.63) is 59.9 Å². The van der Waals surface area contributed by atoms with Gasteiger partial charge in [-0.25, -0.2) is 9.18 Å². The maximum atomic E-state index is 13.0. The van der Waals surface area contributed by atoms with Crippen LogP contribution in [0.5, 0.6) is 5.75 Å². The molecule has 1 aliphatic heterocycles. The molecular formula is C20H21FN2O4. The standard InChI is InChI=1S/C20H21FN2O4/c1-26-18-8-2-15(3-9-18)20(25)27-14-19(24)23-12-10-22(11-13-23)17-6-4-16(21)5-7-17/h2-9H,10-14H2,1H3. The summed E-state index contributed by atoms with van der Waals surface area (Å²) in [7, 11) is 1.54. The molecule has 2 aromatic carbocycles. The van der Waals surface area contributed by atoms with Crippen LogP contribution in [0.25, 0.3) is 0 Å². The zero-order valence-corrected chi connectivity index (χ0v) is 15.1. The Morgan fingerprint density at radius 2 is 1.59 bits per heavy atom. The summed E-state index contributed by atoms with van der Waals surface area (Å²) < 4.78 is 23.2. The van der Waals surface area contributed by atoms with Gasteiger partial charge in [0, 0.05) is 31.9 Å². The lowest BCUT2D eigenvalue weighted by molar-refractivity contribution is -0.134. The van der Waals surface area contributed by atoms with Gasteiger partial charge in [-0.3, -0.25) is 4.79 Å². The third-order valence-corrected chi connectivity index (χ3v) is 4.48. The fourth-order valence-electron chi connectivity index (χ4n) is 2.89. The van der Waals surface area contributed by atoms with Crippen molar-refractivity contribution in [1.82, 2.24) is 4.90 Å². The highest BCUT2D eigenvalue weighted by Crippen LogP contribution is 2.17. The Morgan fingerprint density at radius 1 is 0.963 bits per heavy atom. The van der Waals surface area contributed by atoms with Crippen LogP contribution in [0.3, 0.4) is 0 Å². The van der Waals surface area contributed by atoms with Gasteiger partial charge in [-0.1, -0.05) is 0 Å². The van der Waals surface area contributed by atoms with E-state index in [0.29, 0.717) is 37.5 Å². The normalized spacial score (nSPS) is 14.0. The molecule has 1 aliphatic rings. The average molecular weight is 372 g/mol. The van der Waals surface area contributed by atoms with E-state index in [1.54, 1.807) is 48.4 Å². The third-order valence-electron chi connectivity index (χ3n) is 4.48. The van der Waals surface area contributed by atoms with E-state index in [9.17, 15) is 14.0 Å². The summed E-state index contributed by atoms with van der Waals surface area (Å²) in [6.45, 7) is 2.04. The fraction of sp³-hybridized carbons (Fsp3) is 0.300. The van der Waals surface area contributed by atoms with Crippen molar-refractivity contribution < 1.29 is 23.5 Å². The number of carbonyl (C=O) groups excluding carboxylic acids is 2. The topological polar surface area (TPSA) is 59.1 Å². The molecule has 0 bridgehead atoms. The summed E-state index contributed by atoms with van der Waals surface area (Å²) in [5.41, 5.74) is 1.29. The molecule has 0 saturated carbocycles. The second kappa shape index (κ2) is 8.53. The molecule has 1 heterocycles. The van der Waals surface area contributed by atoms with E-state index in [1.165, 1.54) is 12.1 Å². The Labute approximate surface area is 157 Å². The van der Waals surface area contributed by atoms with Crippen molar-refractivity contribution in [3.8, 4) is 5.75 Å². The Bertz CT molecular complexity index is 785. The molecule has 0 unspecified atom stereocenters. The quantitative estimate of drug-likeness (QED) is 0.754. The molecule has 1 saturated heterocycles. The van der Waals surface area contributed by atoms with Crippen LogP contribution in [-0.4, -0.2) is 56.7 Å². The van der Waals surface area contributed by atoms with E-state index >= 15 is 0 Å². The van der Waals surface area contributed by atoms with Crippen molar-refractivity contribution in [1.29, 1.82) is 0 Å². The minimum absolute atomic E-state index is 0.226. The molecule has 1 amide bonds. The van der Waals surface area contributed by atoms with Crippen molar-refractivity contribution in [2.24, 2.45) is 0 Å². The second-order valence-corrected chi connectivity index (χ2v) is 6.15. The molecule has 7 heteroatoms. The number of nitrogens with zero attached hydrogens (tertiary/aromatic N) is 2. The largest absolute Gasteiger partial charge is 0.497 e. The van der Waals surface area contributed by atoms with Gasteiger partial charge in [0.05, 0.1) is 12.7 Å². The molecule has 0 aromatic heterocycles. The molecule has 6 nitrogen and oxygen atoms in total. The van der Waals surface area contributed by atoms with Gasteiger partial charge in [0.15, 0.2) is 6.61 Å². The highest BCUT2D eigenvalue weighted by molar-refractivity contribution is 5.91. The van der Waals surface area contributed by atoms with E-state index in [-0.39, 0.29) is 18.3 Å². The number of ether oxygens (including phenoxy) is 2. The first-order valence-corrected chi connectivity index (χ1v) is 8.66. The Kier molecular flexibility index (Phi) is 5.90. The van der Waals surface area contributed by atoms with Gasteiger partial charge in [0.25, 0.3) is 5.91 Å². The minimum Gasteiger partial charge on any atom is -0.497 e. The van der Waals surface area contributed by atoms with E-state index < -0.39 is 5.97 Å². The molecule has 27 heavy (non-hydrogen) atoms. The van der Waals surface area contributed by atoms with Gasteiger partial charge in [-0.2, -0.15) is 0 Å². The molecule has 142 valence electrons. The van der Waals surface area contributed by atoms with Crippen molar-refractivity contribution in [2.75, 3.05) is 44.8 Å². The number of carbonyl (C=O) groups is 2. The molecule has 2 aromatic rings. The number of piperazine rings is 1. The van der Waals surface area contributed by atoms with Crippen LogP contribution in [0.1, 0.15) is 10.4 Å². The average Bonchev–Trinajstić information content (AvgIpc) is 2.72. The number of hydrogen-bond donors (Lipinski definition) is 0. The smallest absolute Gasteiger partial charge is 0.338 e. The minimum atomic E-state index is -0.545. The van der Waals surface area contributed by atoms with Gasteiger partial charge < -0.3 is 19.3 Å². The van der Waals surface area contributed by atoms with Crippen LogP contribution in [0.2, 0.25) is 0 Å². The second-order valence-electron chi connectivity index (χ2n) is 6.15. The van der Waals surface area contributed by atoms with E-state index in [4.69, 9.17) is 9.47 Å². The number of rotatable bonds is 5. The monoisotopic (exact) mass is 372 g/mol. The predicted octanol–water partition coefficient (Wildman–Crippen LogP) is 2.34. The number of amides is 1. The zero-order chi connectivity index (χ0) is 19.2. The summed E-state index contributed by atoms with van der Waals surface area (Å²) >= 11 is 0. The number of hydrogen-bond acceptors (Lipinski definition) is 5. The molecule has 0 spiro atoms. The van der Waals surface area contributed by atoms with Gasteiger partial charge >= 0.3 is 5.97 Å². The SMILES string of the molecule is COc1ccc(C(=O)OCC(=O)N2CCN(c3ccc(F)cc3)CC2)cc1. The first-order chi connectivity index (χ1) is 13.1. The Hall–Kier alpha value is -3.09. The molecular weight excluding hydrogens is 351 g/mol. The fourth-order valence-corrected chi connectivity index (χ4v) is 2.89. The lowest BCUT2D eigenvalue weighted by atomic mass is 10.2. The molecule has 0 atom stereocenters. The Balaban J connectivity index is 1.46. The summed E-state index contributed by atoms with van der Waals surface area (Å²) in [4.78, 5) is 28.1. The zero-order valence-electron chi connectivity index (χ0n) is 15.1. The number of anilines is 1. The van der Waals surface area contributed by atoms with Crippen molar-refractivity contribution >= 4 is 17.6 Å². The summed E-state index contributed by atoms with van der Waals surface area (Å²) in [5, 5.41) is 0. The molecule has 1 fully saturated rings. The Morgan fingerprint density at radius 3 is 2.19 bits per heavy atom. The van der Waals surface area contributed by atoms with E-state index in [2.05, 4.69) is 4.90 Å².